The third kappa shape index (κ3) is 6.03. The molecule has 3 aromatic rings. The van der Waals surface area contributed by atoms with Gasteiger partial charge in [-0.05, 0) is 85.6 Å². The first kappa shape index (κ1) is 23.9. The molecule has 1 aliphatic rings. The summed E-state index contributed by atoms with van der Waals surface area (Å²) in [6, 6.07) is 18.1. The summed E-state index contributed by atoms with van der Waals surface area (Å²) in [6.07, 6.45) is -0.000685. The van der Waals surface area contributed by atoms with E-state index in [9.17, 15) is 18.8 Å². The van der Waals surface area contributed by atoms with Crippen molar-refractivity contribution >= 4 is 29.2 Å². The fourth-order valence-corrected chi connectivity index (χ4v) is 3.71. The summed E-state index contributed by atoms with van der Waals surface area (Å²) in [4.78, 5) is 38.5. The van der Waals surface area contributed by atoms with E-state index in [2.05, 4.69) is 5.32 Å². The lowest BCUT2D eigenvalue weighted by atomic mass is 10.1. The average molecular weight is 477 g/mol. The van der Waals surface area contributed by atoms with Crippen LogP contribution < -0.4 is 15.0 Å². The quantitative estimate of drug-likeness (QED) is 0.497. The van der Waals surface area contributed by atoms with E-state index < -0.39 is 30.2 Å². The highest BCUT2D eigenvalue weighted by Crippen LogP contribution is 2.29. The van der Waals surface area contributed by atoms with Crippen molar-refractivity contribution in [1.29, 1.82) is 0 Å². The van der Waals surface area contributed by atoms with E-state index in [0.717, 1.165) is 11.3 Å². The first-order valence-corrected chi connectivity index (χ1v) is 11.2. The van der Waals surface area contributed by atoms with Crippen molar-refractivity contribution in [3.8, 4) is 11.5 Å². The number of esters is 1. The maximum atomic E-state index is 13.0. The number of anilines is 2. The van der Waals surface area contributed by atoms with Gasteiger partial charge in [-0.1, -0.05) is 6.07 Å². The zero-order valence-corrected chi connectivity index (χ0v) is 19.4. The van der Waals surface area contributed by atoms with Gasteiger partial charge in [0.1, 0.15) is 17.3 Å². The highest BCUT2D eigenvalue weighted by molar-refractivity contribution is 6.00. The minimum atomic E-state index is -0.674. The molecule has 1 N–H and O–H groups in total. The number of benzene rings is 3. The Kier molecular flexibility index (Phi) is 7.10. The Hall–Kier alpha value is -4.20. The zero-order valence-electron chi connectivity index (χ0n) is 19.4. The zero-order chi connectivity index (χ0) is 24.9. The smallest absolute Gasteiger partial charge is 0.311 e. The van der Waals surface area contributed by atoms with Gasteiger partial charge in [-0.15, -0.1) is 0 Å². The van der Waals surface area contributed by atoms with E-state index in [0.29, 0.717) is 17.1 Å². The molecule has 1 heterocycles. The number of amides is 2. The molecule has 0 aromatic heterocycles. The topological polar surface area (TPSA) is 84.9 Å². The van der Waals surface area contributed by atoms with E-state index >= 15 is 0 Å². The number of nitrogens with one attached hydrogen (secondary N) is 1. The molecule has 0 spiro atoms. The third-order valence-electron chi connectivity index (χ3n) is 5.79. The molecule has 1 aliphatic heterocycles. The Morgan fingerprint density at radius 3 is 2.34 bits per heavy atom. The number of rotatable bonds is 7. The monoisotopic (exact) mass is 476 g/mol. The normalized spacial score (nSPS) is 15.1. The second-order valence-corrected chi connectivity index (χ2v) is 8.41. The number of ether oxygens (including phenoxy) is 2. The van der Waals surface area contributed by atoms with Crippen LogP contribution in [0.25, 0.3) is 0 Å². The molecular formula is C27H25FN2O5. The van der Waals surface area contributed by atoms with Crippen LogP contribution in [0.1, 0.15) is 17.5 Å². The van der Waals surface area contributed by atoms with Crippen LogP contribution in [0, 0.1) is 25.6 Å². The van der Waals surface area contributed by atoms with Gasteiger partial charge in [-0.2, -0.15) is 0 Å². The highest BCUT2D eigenvalue weighted by Gasteiger charge is 2.36. The number of aryl methyl sites for hydroxylation is 2. The highest BCUT2D eigenvalue weighted by atomic mass is 19.1. The molecule has 0 aliphatic carbocycles. The minimum absolute atomic E-state index is 0.000685. The minimum Gasteiger partial charge on any atom is -0.457 e. The van der Waals surface area contributed by atoms with Crippen molar-refractivity contribution in [2.75, 3.05) is 23.4 Å². The summed E-state index contributed by atoms with van der Waals surface area (Å²) in [7, 11) is 0. The van der Waals surface area contributed by atoms with Gasteiger partial charge in [0.25, 0.3) is 5.91 Å². The van der Waals surface area contributed by atoms with Gasteiger partial charge in [-0.3, -0.25) is 14.4 Å². The lowest BCUT2D eigenvalue weighted by Crippen LogP contribution is -2.28. The van der Waals surface area contributed by atoms with E-state index in [1.54, 1.807) is 24.3 Å². The SMILES string of the molecule is Cc1ccc(Oc2ccc(N3C[C@H](C(=O)OCC(=O)Nc4ccc(F)cc4)CC3=O)cc2)cc1C. The molecule has 0 saturated carbocycles. The molecule has 0 radical (unpaired) electrons. The Bertz CT molecular complexity index is 1240. The summed E-state index contributed by atoms with van der Waals surface area (Å²) >= 11 is 0. The summed E-state index contributed by atoms with van der Waals surface area (Å²) in [5.74, 6) is -1.11. The van der Waals surface area contributed by atoms with Gasteiger partial charge in [0.2, 0.25) is 5.91 Å². The maximum Gasteiger partial charge on any atom is 0.311 e. The predicted molar refractivity (Wildman–Crippen MR) is 129 cm³/mol. The first-order chi connectivity index (χ1) is 16.8. The second kappa shape index (κ2) is 10.4. The maximum absolute atomic E-state index is 13.0. The van der Waals surface area contributed by atoms with Crippen molar-refractivity contribution in [3.63, 3.8) is 0 Å². The Labute approximate surface area is 202 Å². The molecule has 1 saturated heterocycles. The fourth-order valence-electron chi connectivity index (χ4n) is 3.71. The summed E-state index contributed by atoms with van der Waals surface area (Å²) in [5.41, 5.74) is 3.35. The van der Waals surface area contributed by atoms with E-state index in [4.69, 9.17) is 9.47 Å². The van der Waals surface area contributed by atoms with Crippen molar-refractivity contribution in [2.45, 2.75) is 20.3 Å². The molecule has 0 unspecified atom stereocenters. The van der Waals surface area contributed by atoms with Crippen LogP contribution in [0.2, 0.25) is 0 Å². The molecule has 35 heavy (non-hydrogen) atoms. The van der Waals surface area contributed by atoms with Crippen LogP contribution in [0.3, 0.4) is 0 Å². The number of carbonyl (C=O) groups excluding carboxylic acids is 3. The number of hydrogen-bond acceptors (Lipinski definition) is 5. The van der Waals surface area contributed by atoms with E-state index in [1.165, 1.54) is 34.7 Å². The van der Waals surface area contributed by atoms with E-state index in [-0.39, 0.29) is 18.9 Å². The first-order valence-electron chi connectivity index (χ1n) is 11.2. The van der Waals surface area contributed by atoms with Crippen molar-refractivity contribution < 1.29 is 28.2 Å². The molecule has 1 fully saturated rings. The number of carbonyl (C=O) groups is 3. The second-order valence-electron chi connectivity index (χ2n) is 8.41. The summed E-state index contributed by atoms with van der Waals surface area (Å²) < 4.78 is 23.9. The predicted octanol–water partition coefficient (Wildman–Crippen LogP) is 4.77. The van der Waals surface area contributed by atoms with Crippen LogP contribution in [0.5, 0.6) is 11.5 Å². The molecule has 3 aromatic carbocycles. The molecule has 1 atom stereocenters. The molecule has 7 nitrogen and oxygen atoms in total. The summed E-state index contributed by atoms with van der Waals surface area (Å²) in [5, 5.41) is 2.51. The average Bonchev–Trinajstić information content (AvgIpc) is 3.23. The van der Waals surface area contributed by atoms with Crippen LogP contribution in [-0.4, -0.2) is 30.9 Å². The molecular weight excluding hydrogens is 451 g/mol. The van der Waals surface area contributed by atoms with Gasteiger partial charge in [0, 0.05) is 24.3 Å². The molecule has 2 amide bonds. The van der Waals surface area contributed by atoms with Crippen LogP contribution in [-0.2, 0) is 19.1 Å². The van der Waals surface area contributed by atoms with E-state index in [1.807, 2.05) is 32.0 Å². The van der Waals surface area contributed by atoms with Gasteiger partial charge in [-0.25, -0.2) is 4.39 Å². The van der Waals surface area contributed by atoms with Gasteiger partial charge in [0.15, 0.2) is 6.61 Å². The number of nitrogens with zero attached hydrogens (tertiary/aromatic N) is 1. The molecule has 0 bridgehead atoms. The molecule has 180 valence electrons. The Balaban J connectivity index is 1.29. The van der Waals surface area contributed by atoms with Crippen LogP contribution >= 0.6 is 0 Å². The Morgan fingerprint density at radius 1 is 0.971 bits per heavy atom. The van der Waals surface area contributed by atoms with Crippen molar-refractivity contribution in [3.05, 3.63) is 83.7 Å². The third-order valence-corrected chi connectivity index (χ3v) is 5.79. The lowest BCUT2D eigenvalue weighted by molar-refractivity contribution is -0.151. The molecule has 8 heteroatoms. The van der Waals surface area contributed by atoms with Crippen LogP contribution in [0.4, 0.5) is 15.8 Å². The van der Waals surface area contributed by atoms with Crippen LogP contribution in [0.15, 0.2) is 66.7 Å². The Morgan fingerprint density at radius 2 is 1.66 bits per heavy atom. The van der Waals surface area contributed by atoms with Crippen molar-refractivity contribution in [2.24, 2.45) is 5.92 Å². The number of hydrogen-bond donors (Lipinski definition) is 1. The van der Waals surface area contributed by atoms with Gasteiger partial charge in [0.05, 0.1) is 5.92 Å². The lowest BCUT2D eigenvalue weighted by Gasteiger charge is -2.17. The number of halogens is 1. The standard InChI is InChI=1S/C27H25FN2O5/c1-17-3-10-24(13-18(17)2)35-23-11-8-22(9-12-23)30-15-19(14-26(30)32)27(33)34-16-25(31)29-21-6-4-20(28)5-7-21/h3-13,19H,14-16H2,1-2H3,(H,29,31)/t19-/m1/s1. The van der Waals surface area contributed by atoms with Crippen molar-refractivity contribution in [1.82, 2.24) is 0 Å². The van der Waals surface area contributed by atoms with Gasteiger partial charge < -0.3 is 19.7 Å². The largest absolute Gasteiger partial charge is 0.457 e. The van der Waals surface area contributed by atoms with Gasteiger partial charge >= 0.3 is 5.97 Å². The molecule has 4 rings (SSSR count). The summed E-state index contributed by atoms with van der Waals surface area (Å²) in [6.45, 7) is 3.72. The fraction of sp³-hybridized carbons (Fsp3) is 0.222.